The van der Waals surface area contributed by atoms with E-state index in [4.69, 9.17) is 11.5 Å². The van der Waals surface area contributed by atoms with E-state index in [9.17, 15) is 0 Å². The first kappa shape index (κ1) is 10.0. The minimum absolute atomic E-state index is 0.279. The van der Waals surface area contributed by atoms with Crippen LogP contribution in [0.2, 0.25) is 0 Å². The van der Waals surface area contributed by atoms with Crippen LogP contribution in [0.25, 0.3) is 0 Å². The van der Waals surface area contributed by atoms with Crippen LogP contribution < -0.4 is 11.5 Å². The van der Waals surface area contributed by atoms with E-state index in [1.807, 2.05) is 0 Å². The lowest BCUT2D eigenvalue weighted by Crippen LogP contribution is -2.45. The first-order chi connectivity index (χ1) is 5.37. The molecule has 0 amide bonds. The second kappa shape index (κ2) is 3.00. The number of hydrogen-bond acceptors (Lipinski definition) is 2. The van der Waals surface area contributed by atoms with Crippen LogP contribution in [0.5, 0.6) is 0 Å². The molecule has 12 heavy (non-hydrogen) atoms. The summed E-state index contributed by atoms with van der Waals surface area (Å²) in [6.07, 6.45) is 3.44. The molecule has 0 heterocycles. The Morgan fingerprint density at radius 1 is 1.25 bits per heavy atom. The van der Waals surface area contributed by atoms with Crippen molar-refractivity contribution >= 4 is 0 Å². The molecule has 72 valence electrons. The van der Waals surface area contributed by atoms with Gasteiger partial charge in [0.05, 0.1) is 0 Å². The highest BCUT2D eigenvalue weighted by atomic mass is 14.7. The van der Waals surface area contributed by atoms with Gasteiger partial charge in [-0.25, -0.2) is 0 Å². The fourth-order valence-electron chi connectivity index (χ4n) is 2.87. The quantitative estimate of drug-likeness (QED) is 0.626. The highest BCUT2D eigenvalue weighted by Gasteiger charge is 2.38. The SMILES string of the molecule is CC1(C)C[C@@H](N)CC(C)(CN)C1. The van der Waals surface area contributed by atoms with Gasteiger partial charge in [0.2, 0.25) is 0 Å². The lowest BCUT2D eigenvalue weighted by Gasteiger charge is -2.45. The van der Waals surface area contributed by atoms with Crippen LogP contribution in [0.15, 0.2) is 0 Å². The molecule has 1 aliphatic carbocycles. The van der Waals surface area contributed by atoms with Gasteiger partial charge >= 0.3 is 0 Å². The summed E-state index contributed by atoms with van der Waals surface area (Å²) in [5.41, 5.74) is 12.4. The van der Waals surface area contributed by atoms with Crippen LogP contribution in [-0.4, -0.2) is 12.6 Å². The van der Waals surface area contributed by atoms with Crippen molar-refractivity contribution in [3.8, 4) is 0 Å². The lowest BCUT2D eigenvalue weighted by molar-refractivity contribution is 0.0904. The van der Waals surface area contributed by atoms with E-state index >= 15 is 0 Å². The van der Waals surface area contributed by atoms with Crippen LogP contribution in [-0.2, 0) is 0 Å². The zero-order valence-corrected chi connectivity index (χ0v) is 8.56. The van der Waals surface area contributed by atoms with Gasteiger partial charge in [0, 0.05) is 6.04 Å². The Balaban J connectivity index is 2.70. The average Bonchev–Trinajstić information content (AvgIpc) is 1.82. The molecule has 4 N–H and O–H groups in total. The second-order valence-electron chi connectivity index (χ2n) is 5.52. The Kier molecular flexibility index (Phi) is 2.50. The van der Waals surface area contributed by atoms with Crippen molar-refractivity contribution in [1.82, 2.24) is 0 Å². The van der Waals surface area contributed by atoms with Crippen LogP contribution in [0.4, 0.5) is 0 Å². The van der Waals surface area contributed by atoms with E-state index in [2.05, 4.69) is 20.8 Å². The van der Waals surface area contributed by atoms with Gasteiger partial charge in [-0.15, -0.1) is 0 Å². The largest absolute Gasteiger partial charge is 0.330 e. The summed E-state index contributed by atoms with van der Waals surface area (Å²) in [7, 11) is 0. The maximum atomic E-state index is 6.01. The van der Waals surface area contributed by atoms with Crippen molar-refractivity contribution in [1.29, 1.82) is 0 Å². The van der Waals surface area contributed by atoms with E-state index in [1.54, 1.807) is 0 Å². The molecule has 2 nitrogen and oxygen atoms in total. The topological polar surface area (TPSA) is 52.0 Å². The van der Waals surface area contributed by atoms with Crippen molar-refractivity contribution in [3.05, 3.63) is 0 Å². The predicted molar refractivity (Wildman–Crippen MR) is 52.8 cm³/mol. The van der Waals surface area contributed by atoms with E-state index in [0.29, 0.717) is 11.5 Å². The normalized spacial score (nSPS) is 41.2. The molecule has 1 unspecified atom stereocenters. The second-order valence-corrected chi connectivity index (χ2v) is 5.52. The Morgan fingerprint density at radius 2 is 1.83 bits per heavy atom. The van der Waals surface area contributed by atoms with Crippen molar-refractivity contribution in [2.75, 3.05) is 6.54 Å². The van der Waals surface area contributed by atoms with Gasteiger partial charge in [0.15, 0.2) is 0 Å². The fraction of sp³-hybridized carbons (Fsp3) is 1.00. The van der Waals surface area contributed by atoms with Gasteiger partial charge in [0.1, 0.15) is 0 Å². The maximum Gasteiger partial charge on any atom is 0.00495 e. The molecular formula is C10H22N2. The first-order valence-electron chi connectivity index (χ1n) is 4.83. The van der Waals surface area contributed by atoms with Gasteiger partial charge in [-0.05, 0) is 36.6 Å². The van der Waals surface area contributed by atoms with E-state index in [1.165, 1.54) is 6.42 Å². The summed E-state index contributed by atoms with van der Waals surface area (Å²) in [6.45, 7) is 7.61. The monoisotopic (exact) mass is 170 g/mol. The Bertz CT molecular complexity index is 165. The molecular weight excluding hydrogens is 148 g/mol. The number of hydrogen-bond donors (Lipinski definition) is 2. The summed E-state index contributed by atoms with van der Waals surface area (Å²) < 4.78 is 0. The Labute approximate surface area is 75.7 Å². The van der Waals surface area contributed by atoms with Crippen LogP contribution in [0.3, 0.4) is 0 Å². The molecule has 1 fully saturated rings. The molecule has 0 aromatic heterocycles. The molecule has 0 aromatic carbocycles. The smallest absolute Gasteiger partial charge is 0.00495 e. The molecule has 0 saturated heterocycles. The molecule has 0 bridgehead atoms. The van der Waals surface area contributed by atoms with Crippen molar-refractivity contribution in [2.24, 2.45) is 22.3 Å². The molecule has 0 aromatic rings. The van der Waals surface area contributed by atoms with Crippen molar-refractivity contribution in [3.63, 3.8) is 0 Å². The predicted octanol–water partition coefficient (Wildman–Crippen LogP) is 1.49. The van der Waals surface area contributed by atoms with Crippen LogP contribution in [0, 0.1) is 10.8 Å². The highest BCUT2D eigenvalue weighted by molar-refractivity contribution is 4.93. The molecule has 1 rings (SSSR count). The zero-order valence-electron chi connectivity index (χ0n) is 8.56. The van der Waals surface area contributed by atoms with E-state index < -0.39 is 0 Å². The third-order valence-electron chi connectivity index (χ3n) is 2.97. The molecule has 1 aliphatic rings. The Morgan fingerprint density at radius 3 is 2.25 bits per heavy atom. The van der Waals surface area contributed by atoms with E-state index in [-0.39, 0.29) is 5.41 Å². The number of rotatable bonds is 1. The third-order valence-corrected chi connectivity index (χ3v) is 2.97. The first-order valence-corrected chi connectivity index (χ1v) is 4.83. The molecule has 1 saturated carbocycles. The summed E-state index contributed by atoms with van der Waals surface area (Å²) in [5, 5.41) is 0. The summed E-state index contributed by atoms with van der Waals surface area (Å²) in [6, 6.07) is 0.349. The van der Waals surface area contributed by atoms with Gasteiger partial charge in [0.25, 0.3) is 0 Å². The molecule has 0 radical (unpaired) electrons. The molecule has 2 atom stereocenters. The lowest BCUT2D eigenvalue weighted by atomic mass is 9.63. The summed E-state index contributed by atoms with van der Waals surface area (Å²) >= 11 is 0. The average molecular weight is 170 g/mol. The van der Waals surface area contributed by atoms with Crippen LogP contribution in [0.1, 0.15) is 40.0 Å². The Hall–Kier alpha value is -0.0800. The molecule has 0 spiro atoms. The molecule has 2 heteroatoms. The maximum absolute atomic E-state index is 6.01. The summed E-state index contributed by atoms with van der Waals surface area (Å²) in [4.78, 5) is 0. The van der Waals surface area contributed by atoms with Gasteiger partial charge in [-0.2, -0.15) is 0 Å². The zero-order chi connectivity index (χ0) is 9.41. The minimum atomic E-state index is 0.279. The fourth-order valence-corrected chi connectivity index (χ4v) is 2.87. The minimum Gasteiger partial charge on any atom is -0.330 e. The van der Waals surface area contributed by atoms with Gasteiger partial charge in [-0.1, -0.05) is 20.8 Å². The highest BCUT2D eigenvalue weighted by Crippen LogP contribution is 2.44. The third kappa shape index (κ3) is 2.20. The van der Waals surface area contributed by atoms with E-state index in [0.717, 1.165) is 19.4 Å². The summed E-state index contributed by atoms with van der Waals surface area (Å²) in [5.74, 6) is 0. The van der Waals surface area contributed by atoms with Crippen LogP contribution >= 0.6 is 0 Å². The van der Waals surface area contributed by atoms with Gasteiger partial charge < -0.3 is 11.5 Å². The standard InChI is InChI=1S/C10H22N2/c1-9(2)4-8(12)5-10(3,6-9)7-11/h8H,4-7,11-12H2,1-3H3/t8-,10?/m1/s1. The number of nitrogens with two attached hydrogens (primary N) is 2. The van der Waals surface area contributed by atoms with Crippen molar-refractivity contribution in [2.45, 2.75) is 46.1 Å². The van der Waals surface area contributed by atoms with Crippen molar-refractivity contribution < 1.29 is 0 Å². The molecule has 0 aliphatic heterocycles. The van der Waals surface area contributed by atoms with Gasteiger partial charge in [-0.3, -0.25) is 0 Å².